The molecule has 2 aromatic heterocycles. The van der Waals surface area contributed by atoms with E-state index in [0.29, 0.717) is 25.4 Å². The zero-order valence-electron chi connectivity index (χ0n) is 14.3. The van der Waals surface area contributed by atoms with E-state index in [1.165, 1.54) is 0 Å². The van der Waals surface area contributed by atoms with Gasteiger partial charge in [-0.25, -0.2) is 0 Å². The number of aromatic nitrogens is 2. The van der Waals surface area contributed by atoms with Crippen LogP contribution in [0.15, 0.2) is 36.5 Å². The van der Waals surface area contributed by atoms with Crippen LogP contribution in [0.2, 0.25) is 0 Å². The Bertz CT molecular complexity index is 718. The van der Waals surface area contributed by atoms with Crippen molar-refractivity contribution in [3.8, 4) is 0 Å². The monoisotopic (exact) mass is 326 g/mol. The van der Waals surface area contributed by atoms with E-state index in [0.717, 1.165) is 17.1 Å². The first-order valence-electron chi connectivity index (χ1n) is 8.02. The van der Waals surface area contributed by atoms with Gasteiger partial charge in [-0.3, -0.25) is 14.8 Å². The van der Waals surface area contributed by atoms with E-state index in [-0.39, 0.29) is 12.0 Å². The highest BCUT2D eigenvalue weighted by molar-refractivity contribution is 5.92. The van der Waals surface area contributed by atoms with Crippen molar-refractivity contribution in [1.82, 2.24) is 14.9 Å². The topological polar surface area (TPSA) is 58.6 Å². The fourth-order valence-corrected chi connectivity index (χ4v) is 2.76. The molecule has 0 radical (unpaired) electrons. The van der Waals surface area contributed by atoms with Crippen LogP contribution >= 0.6 is 0 Å². The summed E-state index contributed by atoms with van der Waals surface area (Å²) in [5, 5.41) is 0. The van der Waals surface area contributed by atoms with E-state index in [2.05, 4.69) is 9.97 Å². The number of ether oxygens (including phenoxy) is 1. The number of amides is 1. The van der Waals surface area contributed by atoms with Gasteiger partial charge in [0.2, 0.25) is 0 Å². The number of aryl methyl sites for hydroxylation is 1. The van der Waals surface area contributed by atoms with E-state index >= 15 is 0 Å². The second-order valence-electron chi connectivity index (χ2n) is 6.11. The highest BCUT2D eigenvalue weighted by Crippen LogP contribution is 2.25. The van der Waals surface area contributed by atoms with Gasteiger partial charge in [0.05, 0.1) is 18.8 Å². The van der Waals surface area contributed by atoms with Crippen molar-refractivity contribution in [3.63, 3.8) is 0 Å². The second-order valence-corrected chi connectivity index (χ2v) is 6.11. The molecule has 1 aliphatic heterocycles. The minimum absolute atomic E-state index is 0.0654. The van der Waals surface area contributed by atoms with Crippen LogP contribution in [-0.2, 0) is 4.74 Å². The zero-order chi connectivity index (χ0) is 17.1. The smallest absolute Gasteiger partial charge is 0.272 e. The van der Waals surface area contributed by atoms with Crippen molar-refractivity contribution in [2.45, 2.75) is 13.0 Å². The molecule has 0 N–H and O–H groups in total. The fourth-order valence-electron chi connectivity index (χ4n) is 2.76. The number of hydrogen-bond acceptors (Lipinski definition) is 5. The fraction of sp³-hybridized carbons (Fsp3) is 0.389. The minimum atomic E-state index is -0.218. The summed E-state index contributed by atoms with van der Waals surface area (Å²) in [7, 11) is 3.99. The number of carbonyl (C=O) groups excluding carboxylic acids is 1. The van der Waals surface area contributed by atoms with Crippen LogP contribution < -0.4 is 4.90 Å². The van der Waals surface area contributed by atoms with Crippen LogP contribution in [0, 0.1) is 6.92 Å². The molecule has 0 aliphatic carbocycles. The molecule has 1 saturated heterocycles. The molecule has 0 saturated carbocycles. The average molecular weight is 326 g/mol. The molecule has 6 heteroatoms. The molecule has 0 bridgehead atoms. The number of carbonyl (C=O) groups is 1. The van der Waals surface area contributed by atoms with Crippen molar-refractivity contribution in [3.05, 3.63) is 53.6 Å². The molecule has 126 valence electrons. The van der Waals surface area contributed by atoms with Gasteiger partial charge in [0.1, 0.15) is 11.8 Å². The third-order valence-corrected chi connectivity index (χ3v) is 4.04. The number of morpholine rings is 1. The van der Waals surface area contributed by atoms with Crippen LogP contribution in [0.1, 0.15) is 28.0 Å². The van der Waals surface area contributed by atoms with Gasteiger partial charge in [0.15, 0.2) is 0 Å². The number of rotatable bonds is 3. The normalized spacial score (nSPS) is 17.6. The molecule has 3 rings (SSSR count). The SMILES string of the molecule is Cc1cc(N(C)C)cc([C@H]2CN(C(=O)c3ccccn3)CCO2)n1. The summed E-state index contributed by atoms with van der Waals surface area (Å²) in [5.74, 6) is -0.0654. The molecular formula is C18H22N4O2. The van der Waals surface area contributed by atoms with Crippen molar-refractivity contribution in [1.29, 1.82) is 0 Å². The van der Waals surface area contributed by atoms with Crippen molar-refractivity contribution >= 4 is 11.6 Å². The summed E-state index contributed by atoms with van der Waals surface area (Å²) in [6, 6.07) is 9.42. The molecule has 0 spiro atoms. The van der Waals surface area contributed by atoms with Gasteiger partial charge in [0.25, 0.3) is 5.91 Å². The van der Waals surface area contributed by atoms with Crippen LogP contribution in [0.25, 0.3) is 0 Å². The third kappa shape index (κ3) is 3.54. The summed E-state index contributed by atoms with van der Waals surface area (Å²) in [6.07, 6.45) is 1.42. The van der Waals surface area contributed by atoms with Crippen molar-refractivity contribution < 1.29 is 9.53 Å². The van der Waals surface area contributed by atoms with Crippen molar-refractivity contribution in [2.24, 2.45) is 0 Å². The Labute approximate surface area is 142 Å². The molecule has 1 fully saturated rings. The Morgan fingerprint density at radius 3 is 2.88 bits per heavy atom. The minimum Gasteiger partial charge on any atom is -0.378 e. The summed E-state index contributed by atoms with van der Waals surface area (Å²) in [4.78, 5) is 25.2. The quantitative estimate of drug-likeness (QED) is 0.864. The van der Waals surface area contributed by atoms with Gasteiger partial charge < -0.3 is 14.5 Å². The maximum absolute atomic E-state index is 12.6. The van der Waals surface area contributed by atoms with Gasteiger partial charge in [0, 0.05) is 38.2 Å². The van der Waals surface area contributed by atoms with E-state index < -0.39 is 0 Å². The lowest BCUT2D eigenvalue weighted by atomic mass is 10.1. The zero-order valence-corrected chi connectivity index (χ0v) is 14.3. The largest absolute Gasteiger partial charge is 0.378 e. The van der Waals surface area contributed by atoms with Gasteiger partial charge in [-0.15, -0.1) is 0 Å². The van der Waals surface area contributed by atoms with E-state index in [4.69, 9.17) is 4.74 Å². The molecule has 3 heterocycles. The number of hydrogen-bond donors (Lipinski definition) is 0. The van der Waals surface area contributed by atoms with Crippen LogP contribution in [0.5, 0.6) is 0 Å². The predicted octanol–water partition coefficient (Wildman–Crippen LogP) is 2.06. The summed E-state index contributed by atoms with van der Waals surface area (Å²) in [5.41, 5.74) is 3.34. The van der Waals surface area contributed by atoms with Gasteiger partial charge in [-0.05, 0) is 31.2 Å². The molecular weight excluding hydrogens is 304 g/mol. The summed E-state index contributed by atoms with van der Waals surface area (Å²) < 4.78 is 5.87. The Kier molecular flexibility index (Phi) is 4.76. The molecule has 6 nitrogen and oxygen atoms in total. The molecule has 0 unspecified atom stereocenters. The number of anilines is 1. The first kappa shape index (κ1) is 16.4. The highest BCUT2D eigenvalue weighted by atomic mass is 16.5. The number of nitrogens with zero attached hydrogens (tertiary/aromatic N) is 4. The lowest BCUT2D eigenvalue weighted by Gasteiger charge is -2.33. The maximum Gasteiger partial charge on any atom is 0.272 e. The van der Waals surface area contributed by atoms with Crippen LogP contribution in [-0.4, -0.2) is 54.6 Å². The maximum atomic E-state index is 12.6. The van der Waals surface area contributed by atoms with Gasteiger partial charge >= 0.3 is 0 Å². The van der Waals surface area contributed by atoms with Crippen LogP contribution in [0.3, 0.4) is 0 Å². The molecule has 0 aromatic carbocycles. The molecule has 1 amide bonds. The van der Waals surface area contributed by atoms with Crippen LogP contribution in [0.4, 0.5) is 5.69 Å². The second kappa shape index (κ2) is 6.97. The Balaban J connectivity index is 1.80. The molecule has 1 atom stereocenters. The van der Waals surface area contributed by atoms with E-state index in [9.17, 15) is 4.79 Å². The lowest BCUT2D eigenvalue weighted by molar-refractivity contribution is -0.0249. The van der Waals surface area contributed by atoms with E-state index in [1.54, 1.807) is 23.2 Å². The first-order chi connectivity index (χ1) is 11.5. The summed E-state index contributed by atoms with van der Waals surface area (Å²) in [6.45, 7) is 3.52. The third-order valence-electron chi connectivity index (χ3n) is 4.04. The molecule has 1 aliphatic rings. The Morgan fingerprint density at radius 1 is 1.33 bits per heavy atom. The van der Waals surface area contributed by atoms with E-state index in [1.807, 2.05) is 44.1 Å². The highest BCUT2D eigenvalue weighted by Gasteiger charge is 2.27. The van der Waals surface area contributed by atoms with Gasteiger partial charge in [-0.1, -0.05) is 6.07 Å². The molecule has 24 heavy (non-hydrogen) atoms. The lowest BCUT2D eigenvalue weighted by Crippen LogP contribution is -2.42. The van der Waals surface area contributed by atoms with Gasteiger partial charge in [-0.2, -0.15) is 0 Å². The standard InChI is InChI=1S/C18H22N4O2/c1-13-10-14(21(2)3)11-16(20-13)17-12-22(8-9-24-17)18(23)15-6-4-5-7-19-15/h4-7,10-11,17H,8-9,12H2,1-3H3/t17-/m1/s1. The Hall–Kier alpha value is -2.47. The molecule has 2 aromatic rings. The van der Waals surface area contributed by atoms with Crippen molar-refractivity contribution in [2.75, 3.05) is 38.7 Å². The predicted molar refractivity (Wildman–Crippen MR) is 92.1 cm³/mol. The Morgan fingerprint density at radius 2 is 2.17 bits per heavy atom. The average Bonchev–Trinajstić information content (AvgIpc) is 2.61. The first-order valence-corrected chi connectivity index (χ1v) is 8.02. The summed E-state index contributed by atoms with van der Waals surface area (Å²) >= 11 is 0. The number of pyridine rings is 2.